The Hall–Kier alpha value is -0.775. The van der Waals surface area contributed by atoms with Crippen molar-refractivity contribution in [2.75, 3.05) is 5.73 Å². The quantitative estimate of drug-likeness (QED) is 0.499. The maximum Gasteiger partial charge on any atom is 0.626 e. The van der Waals surface area contributed by atoms with Gasteiger partial charge in [0.15, 0.2) is 5.82 Å². The number of hydrogen-bond donors (Lipinski definition) is 1. The number of aliphatic hydroxyl groups is 1. The van der Waals surface area contributed by atoms with Crippen molar-refractivity contribution >= 4 is 30.2 Å². The molecule has 99 valence electrons. The van der Waals surface area contributed by atoms with E-state index in [-0.39, 0.29) is 10.7 Å². The zero-order valence-corrected chi connectivity index (χ0v) is 11.7. The second-order valence-electron chi connectivity index (χ2n) is 5.20. The summed E-state index contributed by atoms with van der Waals surface area (Å²) in [6.07, 6.45) is 0. The van der Waals surface area contributed by atoms with Crippen LogP contribution >= 0.6 is 11.6 Å². The minimum atomic E-state index is -1.25. The summed E-state index contributed by atoms with van der Waals surface area (Å²) in [4.78, 5) is 0. The van der Waals surface area contributed by atoms with Crippen LogP contribution in [0.2, 0.25) is 5.02 Å². The van der Waals surface area contributed by atoms with E-state index in [9.17, 15) is 9.50 Å². The van der Waals surface area contributed by atoms with E-state index in [1.165, 1.54) is 13.5 Å². The fraction of sp³-hybridized carbons (Fsp3) is 0.500. The Morgan fingerprint density at radius 1 is 1.33 bits per heavy atom. The van der Waals surface area contributed by atoms with Gasteiger partial charge in [0.25, 0.3) is 0 Å². The van der Waals surface area contributed by atoms with Gasteiger partial charge in [0.05, 0.1) is 10.7 Å². The summed E-state index contributed by atoms with van der Waals surface area (Å²) in [6, 6.07) is 2.98. The predicted molar refractivity (Wildman–Crippen MR) is 71.6 cm³/mol. The normalized spacial score (nSPS) is 12.6. The van der Waals surface area contributed by atoms with Gasteiger partial charge in [-0.1, -0.05) is 31.5 Å². The van der Waals surface area contributed by atoms with Crippen molar-refractivity contribution in [2.45, 2.75) is 38.9 Å². The Kier molecular flexibility index (Phi) is 4.31. The smallest absolute Gasteiger partial charge is 0.626 e. The highest BCUT2D eigenvalue weighted by Crippen LogP contribution is 2.21. The van der Waals surface area contributed by atoms with Crippen molar-refractivity contribution in [3.63, 3.8) is 0 Å². The minimum absolute atomic E-state index is 0.0134. The van der Waals surface area contributed by atoms with Crippen LogP contribution in [-0.2, 0) is 0 Å². The van der Waals surface area contributed by atoms with Crippen LogP contribution in [-0.4, -0.2) is 23.3 Å². The number of halogens is 2. The third-order valence-corrected chi connectivity index (χ3v) is 3.53. The Bertz CT molecular complexity index is 446. The Morgan fingerprint density at radius 2 is 1.89 bits per heavy atom. The Labute approximate surface area is 112 Å². The van der Waals surface area contributed by atoms with E-state index < -0.39 is 17.0 Å². The lowest BCUT2D eigenvalue weighted by Crippen LogP contribution is -2.59. The average Bonchev–Trinajstić information content (AvgIpc) is 2.23. The molecule has 0 saturated carbocycles. The molecule has 18 heavy (non-hydrogen) atoms. The third kappa shape index (κ3) is 3.16. The lowest BCUT2D eigenvalue weighted by atomic mass is 9.82. The van der Waals surface area contributed by atoms with Crippen LogP contribution in [0.25, 0.3) is 0 Å². The summed E-state index contributed by atoms with van der Waals surface area (Å²) in [7, 11) is 1.41. The molecule has 1 radical (unpaired) electrons. The molecule has 0 atom stereocenters. The highest BCUT2D eigenvalue weighted by molar-refractivity contribution is 6.53. The number of anilines is 1. The monoisotopic (exact) mass is 272 g/mol. The number of nitrogen functional groups attached to an aromatic ring is 1. The molecule has 0 heterocycles. The van der Waals surface area contributed by atoms with Gasteiger partial charge in [0.2, 0.25) is 0 Å². The molecule has 0 aliphatic heterocycles. The molecule has 0 unspecified atom stereocenters. The highest BCUT2D eigenvalue weighted by atomic mass is 35.5. The van der Waals surface area contributed by atoms with E-state index in [0.29, 0.717) is 5.46 Å². The number of hydrogen-bond acceptors (Lipinski definition) is 2. The molecule has 3 N–H and O–H groups in total. The van der Waals surface area contributed by atoms with Crippen molar-refractivity contribution in [1.82, 2.24) is 0 Å². The fourth-order valence-electron chi connectivity index (χ4n) is 1.07. The standard InChI is InChI=1S/C12H17BClFNO2/c1-11(2,17)12(3,4)18-13-7-5-6-8(16)10(15)9(7)14/h5-6,18H,16H2,1-4H3. The number of benzene rings is 1. The van der Waals surface area contributed by atoms with Gasteiger partial charge in [0.1, 0.15) is 5.60 Å². The summed E-state index contributed by atoms with van der Waals surface area (Å²) in [5, 5.41) is 11.8. The fourth-order valence-corrected chi connectivity index (χ4v) is 1.29. The number of nitrogens with two attached hydrogens (primary N) is 1. The average molecular weight is 273 g/mol. The molecule has 0 fully saturated rings. The first-order valence-electron chi connectivity index (χ1n) is 5.55. The van der Waals surface area contributed by atoms with Gasteiger partial charge < -0.3 is 15.5 Å². The molecule has 0 spiro atoms. The number of rotatable bonds is 4. The minimum Gasteiger partial charge on any atom is -0.844 e. The molecule has 0 bridgehead atoms. The first-order valence-corrected chi connectivity index (χ1v) is 5.93. The van der Waals surface area contributed by atoms with Crippen molar-refractivity contribution in [1.29, 1.82) is 0 Å². The van der Waals surface area contributed by atoms with E-state index in [4.69, 9.17) is 17.3 Å². The Morgan fingerprint density at radius 3 is 2.39 bits per heavy atom. The molecular weight excluding hydrogens is 255 g/mol. The van der Waals surface area contributed by atoms with Gasteiger partial charge in [-0.3, -0.25) is 0 Å². The summed E-state index contributed by atoms with van der Waals surface area (Å²) in [5.41, 5.74) is 3.70. The third-order valence-electron chi connectivity index (χ3n) is 3.14. The zero-order chi connectivity index (χ0) is 14.1. The van der Waals surface area contributed by atoms with Gasteiger partial charge in [-0.05, 0) is 11.7 Å². The van der Waals surface area contributed by atoms with Crippen LogP contribution in [0.5, 0.6) is 0 Å². The highest BCUT2D eigenvalue weighted by Gasteiger charge is 2.34. The molecule has 0 amide bonds. The Balaban J connectivity index is 2.85. The lowest BCUT2D eigenvalue weighted by molar-refractivity contribution is -0.503. The SMILES string of the molecule is CC(C)([O-])C(C)(C)[OH+][B]c1ccc(N)c(F)c1Cl. The van der Waals surface area contributed by atoms with Crippen molar-refractivity contribution in [2.24, 2.45) is 0 Å². The van der Waals surface area contributed by atoms with Crippen LogP contribution in [0, 0.1) is 5.82 Å². The van der Waals surface area contributed by atoms with Gasteiger partial charge in [0, 0.05) is 19.3 Å². The van der Waals surface area contributed by atoms with Gasteiger partial charge in [-0.2, -0.15) is 0 Å². The van der Waals surface area contributed by atoms with Crippen LogP contribution in [0.1, 0.15) is 27.7 Å². The first-order chi connectivity index (χ1) is 8.06. The summed E-state index contributed by atoms with van der Waals surface area (Å²) >= 11 is 5.82. The molecule has 0 aliphatic carbocycles. The van der Waals surface area contributed by atoms with Gasteiger partial charge >= 0.3 is 7.48 Å². The van der Waals surface area contributed by atoms with Crippen molar-refractivity contribution in [3.8, 4) is 0 Å². The molecule has 0 aromatic heterocycles. The van der Waals surface area contributed by atoms with Crippen LogP contribution in [0.3, 0.4) is 0 Å². The van der Waals surface area contributed by atoms with Crippen LogP contribution in [0.4, 0.5) is 10.1 Å². The maximum absolute atomic E-state index is 13.5. The summed E-state index contributed by atoms with van der Waals surface area (Å²) in [6.45, 7) is 6.54. The molecule has 0 saturated heterocycles. The van der Waals surface area contributed by atoms with E-state index >= 15 is 0 Å². The molecule has 3 nitrogen and oxygen atoms in total. The van der Waals surface area contributed by atoms with Gasteiger partial charge in [-0.25, -0.2) is 4.39 Å². The second-order valence-corrected chi connectivity index (χ2v) is 5.58. The largest absolute Gasteiger partial charge is 0.844 e. The molecule has 0 aliphatic rings. The van der Waals surface area contributed by atoms with Crippen molar-refractivity contribution in [3.05, 3.63) is 23.0 Å². The maximum atomic E-state index is 13.5. The molecular formula is C12H17BClFNO2. The van der Waals surface area contributed by atoms with Crippen molar-refractivity contribution < 1.29 is 14.2 Å². The first kappa shape index (κ1) is 15.3. The van der Waals surface area contributed by atoms with E-state index in [2.05, 4.69) is 4.65 Å². The summed E-state index contributed by atoms with van der Waals surface area (Å²) < 4.78 is 17.7. The van der Waals surface area contributed by atoms with E-state index in [1.807, 2.05) is 0 Å². The summed E-state index contributed by atoms with van der Waals surface area (Å²) in [5.74, 6) is -0.667. The topological polar surface area (TPSA) is 61.9 Å². The molecule has 1 aromatic carbocycles. The molecule has 6 heteroatoms. The molecule has 1 rings (SSSR count). The van der Waals surface area contributed by atoms with Crippen LogP contribution in [0.15, 0.2) is 12.1 Å². The van der Waals surface area contributed by atoms with Gasteiger partial charge in [-0.15, -0.1) is 0 Å². The zero-order valence-electron chi connectivity index (χ0n) is 10.9. The second kappa shape index (κ2) is 5.07. The molecule has 1 aromatic rings. The van der Waals surface area contributed by atoms with E-state index in [1.54, 1.807) is 33.8 Å². The van der Waals surface area contributed by atoms with E-state index in [0.717, 1.165) is 0 Å². The van der Waals surface area contributed by atoms with Crippen LogP contribution < -0.4 is 16.3 Å². The predicted octanol–water partition coefficient (Wildman–Crippen LogP) is 0.751. The lowest BCUT2D eigenvalue weighted by Gasteiger charge is -2.44.